The van der Waals surface area contributed by atoms with E-state index in [1.807, 2.05) is 13.0 Å². The first-order valence-electron chi connectivity index (χ1n) is 6.80. The Morgan fingerprint density at radius 1 is 1.53 bits per heavy atom. The molecule has 2 unspecified atom stereocenters. The molecule has 106 valence electrons. The van der Waals surface area contributed by atoms with Crippen LogP contribution in [-0.4, -0.2) is 42.8 Å². The third-order valence-corrected chi connectivity index (χ3v) is 3.60. The molecule has 1 saturated heterocycles. The quantitative estimate of drug-likeness (QED) is 0.856. The molecule has 19 heavy (non-hydrogen) atoms. The summed E-state index contributed by atoms with van der Waals surface area (Å²) in [7, 11) is 1.77. The number of hydrogen-bond acceptors (Lipinski definition) is 6. The molecule has 0 aromatic carbocycles. The molecule has 1 aromatic heterocycles. The molecule has 0 spiro atoms. The van der Waals surface area contributed by atoms with Gasteiger partial charge in [-0.3, -0.25) is 0 Å². The summed E-state index contributed by atoms with van der Waals surface area (Å²) in [6.45, 7) is 6.89. The summed E-state index contributed by atoms with van der Waals surface area (Å²) in [6, 6.07) is 1.95. The van der Waals surface area contributed by atoms with Crippen LogP contribution in [0, 0.1) is 5.92 Å². The standard InChI is InChI=1S/C13H23N5O/c1-4-15-11-7-12(17-13(14)16-11)18-6-5-9(2)10(8-18)19-3/h7,9-10H,4-6,8H2,1-3H3,(H3,14,15,16,17). The predicted octanol–water partition coefficient (Wildman–Crippen LogP) is 1.35. The Labute approximate surface area is 114 Å². The van der Waals surface area contributed by atoms with E-state index < -0.39 is 0 Å². The number of aromatic nitrogens is 2. The number of rotatable bonds is 4. The minimum absolute atomic E-state index is 0.243. The predicted molar refractivity (Wildman–Crippen MR) is 77.4 cm³/mol. The van der Waals surface area contributed by atoms with Crippen molar-refractivity contribution in [2.24, 2.45) is 5.92 Å². The van der Waals surface area contributed by atoms with Gasteiger partial charge >= 0.3 is 0 Å². The molecule has 2 atom stereocenters. The van der Waals surface area contributed by atoms with E-state index in [1.54, 1.807) is 7.11 Å². The number of anilines is 3. The van der Waals surface area contributed by atoms with E-state index in [0.717, 1.165) is 37.7 Å². The Morgan fingerprint density at radius 2 is 2.32 bits per heavy atom. The number of ether oxygens (including phenoxy) is 1. The van der Waals surface area contributed by atoms with Crippen molar-refractivity contribution in [1.29, 1.82) is 0 Å². The summed E-state index contributed by atoms with van der Waals surface area (Å²) >= 11 is 0. The number of hydrogen-bond donors (Lipinski definition) is 2. The SMILES string of the molecule is CCNc1cc(N2CCC(C)C(OC)C2)nc(N)n1. The van der Waals surface area contributed by atoms with Crippen LogP contribution in [-0.2, 0) is 4.74 Å². The minimum Gasteiger partial charge on any atom is -0.379 e. The van der Waals surface area contributed by atoms with Crippen molar-refractivity contribution in [2.75, 3.05) is 42.7 Å². The largest absolute Gasteiger partial charge is 0.379 e. The second-order valence-corrected chi connectivity index (χ2v) is 4.99. The highest BCUT2D eigenvalue weighted by molar-refractivity contribution is 5.52. The zero-order chi connectivity index (χ0) is 13.8. The zero-order valence-corrected chi connectivity index (χ0v) is 11.9. The minimum atomic E-state index is 0.243. The van der Waals surface area contributed by atoms with E-state index in [9.17, 15) is 0 Å². The summed E-state index contributed by atoms with van der Waals surface area (Å²) in [5.74, 6) is 2.53. The maximum atomic E-state index is 5.77. The van der Waals surface area contributed by atoms with Gasteiger partial charge in [-0.2, -0.15) is 9.97 Å². The second kappa shape index (κ2) is 6.06. The molecule has 0 aliphatic carbocycles. The fourth-order valence-corrected chi connectivity index (χ4v) is 2.44. The molecule has 2 rings (SSSR count). The maximum absolute atomic E-state index is 5.77. The number of nitrogens with two attached hydrogens (primary N) is 1. The highest BCUT2D eigenvalue weighted by atomic mass is 16.5. The van der Waals surface area contributed by atoms with E-state index in [2.05, 4.69) is 27.1 Å². The van der Waals surface area contributed by atoms with Gasteiger partial charge in [0.15, 0.2) is 0 Å². The van der Waals surface area contributed by atoms with Crippen molar-refractivity contribution >= 4 is 17.6 Å². The molecule has 0 amide bonds. The summed E-state index contributed by atoms with van der Waals surface area (Å²) in [4.78, 5) is 10.7. The number of nitrogen functional groups attached to an aromatic ring is 1. The zero-order valence-electron chi connectivity index (χ0n) is 11.9. The van der Waals surface area contributed by atoms with Crippen LogP contribution in [0.2, 0.25) is 0 Å². The molecular formula is C13H23N5O. The third-order valence-electron chi connectivity index (χ3n) is 3.60. The lowest BCUT2D eigenvalue weighted by molar-refractivity contribution is 0.0496. The summed E-state index contributed by atoms with van der Waals surface area (Å²) in [5, 5.41) is 3.17. The molecule has 1 aliphatic heterocycles. The molecule has 0 saturated carbocycles. The lowest BCUT2D eigenvalue weighted by Gasteiger charge is -2.37. The van der Waals surface area contributed by atoms with E-state index in [0.29, 0.717) is 11.9 Å². The van der Waals surface area contributed by atoms with Gasteiger partial charge in [0.05, 0.1) is 6.10 Å². The van der Waals surface area contributed by atoms with Gasteiger partial charge < -0.3 is 20.7 Å². The Hall–Kier alpha value is -1.56. The number of piperidine rings is 1. The van der Waals surface area contributed by atoms with Crippen molar-refractivity contribution in [2.45, 2.75) is 26.4 Å². The average Bonchev–Trinajstić information content (AvgIpc) is 2.39. The molecule has 3 N–H and O–H groups in total. The second-order valence-electron chi connectivity index (χ2n) is 4.99. The number of nitrogens with one attached hydrogen (secondary N) is 1. The topological polar surface area (TPSA) is 76.3 Å². The van der Waals surface area contributed by atoms with Crippen molar-refractivity contribution in [3.05, 3.63) is 6.07 Å². The van der Waals surface area contributed by atoms with Crippen molar-refractivity contribution < 1.29 is 4.74 Å². The van der Waals surface area contributed by atoms with E-state index in [-0.39, 0.29) is 6.10 Å². The Kier molecular flexibility index (Phi) is 4.42. The van der Waals surface area contributed by atoms with Crippen LogP contribution in [0.4, 0.5) is 17.6 Å². The first kappa shape index (κ1) is 13.9. The fraction of sp³-hybridized carbons (Fsp3) is 0.692. The highest BCUT2D eigenvalue weighted by Crippen LogP contribution is 2.25. The molecule has 1 aliphatic rings. The van der Waals surface area contributed by atoms with Gasteiger partial charge in [0.25, 0.3) is 0 Å². The van der Waals surface area contributed by atoms with Crippen LogP contribution < -0.4 is 16.0 Å². The van der Waals surface area contributed by atoms with Crippen LogP contribution in [0.15, 0.2) is 6.07 Å². The molecule has 6 nitrogen and oxygen atoms in total. The number of nitrogens with zero attached hydrogens (tertiary/aromatic N) is 3. The van der Waals surface area contributed by atoms with Gasteiger partial charge in [0.1, 0.15) is 11.6 Å². The van der Waals surface area contributed by atoms with Crippen LogP contribution in [0.3, 0.4) is 0 Å². The number of methoxy groups -OCH3 is 1. The van der Waals surface area contributed by atoms with E-state index in [1.165, 1.54) is 0 Å². The van der Waals surface area contributed by atoms with Gasteiger partial charge in [0, 0.05) is 32.8 Å². The molecule has 0 radical (unpaired) electrons. The van der Waals surface area contributed by atoms with Gasteiger partial charge in [-0.15, -0.1) is 0 Å². The molecule has 1 fully saturated rings. The molecular weight excluding hydrogens is 242 g/mol. The monoisotopic (exact) mass is 265 g/mol. The molecule has 0 bridgehead atoms. The molecule has 6 heteroatoms. The lowest BCUT2D eigenvalue weighted by Crippen LogP contribution is -2.44. The van der Waals surface area contributed by atoms with Crippen LogP contribution >= 0.6 is 0 Å². The van der Waals surface area contributed by atoms with Crippen molar-refractivity contribution in [1.82, 2.24) is 9.97 Å². The Morgan fingerprint density at radius 3 is 3.00 bits per heavy atom. The third kappa shape index (κ3) is 3.26. The molecule has 2 heterocycles. The normalized spacial score (nSPS) is 23.4. The van der Waals surface area contributed by atoms with Crippen LogP contribution in [0.1, 0.15) is 20.3 Å². The summed E-state index contributed by atoms with van der Waals surface area (Å²) in [5.41, 5.74) is 5.77. The summed E-state index contributed by atoms with van der Waals surface area (Å²) < 4.78 is 5.53. The van der Waals surface area contributed by atoms with Gasteiger partial charge in [-0.05, 0) is 19.3 Å². The van der Waals surface area contributed by atoms with Gasteiger partial charge in [-0.25, -0.2) is 0 Å². The average molecular weight is 265 g/mol. The van der Waals surface area contributed by atoms with Crippen molar-refractivity contribution in [3.8, 4) is 0 Å². The molecule has 1 aromatic rings. The first-order chi connectivity index (χ1) is 9.13. The van der Waals surface area contributed by atoms with E-state index >= 15 is 0 Å². The van der Waals surface area contributed by atoms with Gasteiger partial charge in [-0.1, -0.05) is 6.92 Å². The Bertz CT molecular complexity index is 425. The van der Waals surface area contributed by atoms with Crippen molar-refractivity contribution in [3.63, 3.8) is 0 Å². The van der Waals surface area contributed by atoms with Gasteiger partial charge in [0.2, 0.25) is 5.95 Å². The fourth-order valence-electron chi connectivity index (χ4n) is 2.44. The van der Waals surface area contributed by atoms with E-state index in [4.69, 9.17) is 10.5 Å². The van der Waals surface area contributed by atoms with Crippen LogP contribution in [0.5, 0.6) is 0 Å². The Balaban J connectivity index is 2.17. The first-order valence-corrected chi connectivity index (χ1v) is 6.80. The highest BCUT2D eigenvalue weighted by Gasteiger charge is 2.27. The lowest BCUT2D eigenvalue weighted by atomic mass is 9.96. The smallest absolute Gasteiger partial charge is 0.223 e. The maximum Gasteiger partial charge on any atom is 0.223 e. The summed E-state index contributed by atoms with van der Waals surface area (Å²) in [6.07, 6.45) is 1.34. The van der Waals surface area contributed by atoms with Crippen LogP contribution in [0.25, 0.3) is 0 Å².